The molecule has 2 rings (SSSR count). The number of nitrogens with zero attached hydrogens (tertiary/aromatic N) is 1. The monoisotopic (exact) mass is 250 g/mol. The van der Waals surface area contributed by atoms with Crippen molar-refractivity contribution in [1.82, 2.24) is 4.90 Å². The van der Waals surface area contributed by atoms with Crippen LogP contribution in [-0.4, -0.2) is 23.5 Å². The molecule has 1 aromatic heterocycles. The van der Waals surface area contributed by atoms with E-state index in [1.807, 2.05) is 6.07 Å². The molecule has 1 fully saturated rings. The van der Waals surface area contributed by atoms with Crippen LogP contribution in [0, 0.1) is 5.92 Å². The van der Waals surface area contributed by atoms with Gasteiger partial charge in [-0.05, 0) is 43.9 Å². The van der Waals surface area contributed by atoms with Crippen LogP contribution in [0.1, 0.15) is 45.3 Å². The first-order valence-corrected chi connectivity index (χ1v) is 7.21. The Morgan fingerprint density at radius 3 is 2.83 bits per heavy atom. The van der Waals surface area contributed by atoms with Gasteiger partial charge in [-0.15, -0.1) is 0 Å². The molecule has 0 saturated heterocycles. The molecule has 2 atom stereocenters. The van der Waals surface area contributed by atoms with Crippen molar-refractivity contribution in [3.05, 3.63) is 24.2 Å². The van der Waals surface area contributed by atoms with Crippen LogP contribution < -0.4 is 5.73 Å². The van der Waals surface area contributed by atoms with Crippen LogP contribution in [0.5, 0.6) is 0 Å². The van der Waals surface area contributed by atoms with Crippen LogP contribution in [0.2, 0.25) is 0 Å². The van der Waals surface area contributed by atoms with Gasteiger partial charge < -0.3 is 10.2 Å². The lowest BCUT2D eigenvalue weighted by Gasteiger charge is -2.40. The predicted octanol–water partition coefficient (Wildman–Crippen LogP) is 3.01. The quantitative estimate of drug-likeness (QED) is 0.844. The number of hydrogen-bond acceptors (Lipinski definition) is 3. The number of nitrogens with two attached hydrogens (primary N) is 1. The van der Waals surface area contributed by atoms with Gasteiger partial charge in [0.05, 0.1) is 12.8 Å². The largest absolute Gasteiger partial charge is 0.468 e. The fourth-order valence-corrected chi connectivity index (χ4v) is 3.37. The van der Waals surface area contributed by atoms with E-state index in [-0.39, 0.29) is 5.54 Å². The highest BCUT2D eigenvalue weighted by Crippen LogP contribution is 2.40. The van der Waals surface area contributed by atoms with Gasteiger partial charge in [-0.3, -0.25) is 4.90 Å². The zero-order chi connectivity index (χ0) is 13.0. The molecule has 1 heterocycles. The minimum atomic E-state index is 0.197. The first-order valence-electron chi connectivity index (χ1n) is 7.21. The summed E-state index contributed by atoms with van der Waals surface area (Å²) >= 11 is 0. The molecule has 0 radical (unpaired) electrons. The van der Waals surface area contributed by atoms with E-state index in [0.29, 0.717) is 0 Å². The highest BCUT2D eigenvalue weighted by molar-refractivity contribution is 5.03. The Morgan fingerprint density at radius 2 is 2.33 bits per heavy atom. The summed E-state index contributed by atoms with van der Waals surface area (Å²) in [5, 5.41) is 0. The summed E-state index contributed by atoms with van der Waals surface area (Å²) in [6.07, 6.45) is 6.83. The summed E-state index contributed by atoms with van der Waals surface area (Å²) in [6.45, 7) is 7.20. The van der Waals surface area contributed by atoms with Crippen LogP contribution >= 0.6 is 0 Å². The van der Waals surface area contributed by atoms with Crippen molar-refractivity contribution < 1.29 is 4.42 Å². The Labute approximate surface area is 110 Å². The van der Waals surface area contributed by atoms with Gasteiger partial charge in [0.1, 0.15) is 5.76 Å². The first kappa shape index (κ1) is 13.6. The number of furan rings is 1. The lowest BCUT2D eigenvalue weighted by molar-refractivity contribution is 0.0849. The van der Waals surface area contributed by atoms with Crippen LogP contribution in [0.4, 0.5) is 0 Å². The summed E-state index contributed by atoms with van der Waals surface area (Å²) in [4.78, 5) is 2.52. The zero-order valence-electron chi connectivity index (χ0n) is 11.7. The van der Waals surface area contributed by atoms with Crippen LogP contribution in [0.15, 0.2) is 22.8 Å². The standard InChI is InChI=1S/C15H26N2O/c1-3-13-7-8-15(10-13,12-16)17(4-2)11-14-6-5-9-18-14/h5-6,9,13H,3-4,7-8,10-12,16H2,1-2H3. The Hall–Kier alpha value is -0.800. The topological polar surface area (TPSA) is 42.4 Å². The molecule has 0 spiro atoms. The van der Waals surface area contributed by atoms with Crippen LogP contribution in [-0.2, 0) is 6.54 Å². The van der Waals surface area contributed by atoms with Gasteiger partial charge in [0.15, 0.2) is 0 Å². The fourth-order valence-electron chi connectivity index (χ4n) is 3.37. The molecule has 3 heteroatoms. The molecule has 2 N–H and O–H groups in total. The van der Waals surface area contributed by atoms with Crippen molar-refractivity contribution in [2.75, 3.05) is 13.1 Å². The third-order valence-corrected chi connectivity index (χ3v) is 4.62. The average Bonchev–Trinajstić information content (AvgIpc) is 3.05. The van der Waals surface area contributed by atoms with E-state index in [1.54, 1.807) is 6.26 Å². The van der Waals surface area contributed by atoms with E-state index in [2.05, 4.69) is 24.8 Å². The SMILES string of the molecule is CCC1CCC(CN)(N(CC)Cc2ccco2)C1. The van der Waals surface area contributed by atoms with Gasteiger partial charge in [0, 0.05) is 12.1 Å². The van der Waals surface area contributed by atoms with Crippen LogP contribution in [0.25, 0.3) is 0 Å². The molecule has 0 aliphatic heterocycles. The second kappa shape index (κ2) is 5.89. The summed E-state index contributed by atoms with van der Waals surface area (Å²) in [6, 6.07) is 4.01. The highest BCUT2D eigenvalue weighted by atomic mass is 16.3. The lowest BCUT2D eigenvalue weighted by Crippen LogP contribution is -2.51. The molecule has 1 aliphatic rings. The van der Waals surface area contributed by atoms with Gasteiger partial charge in [-0.2, -0.15) is 0 Å². The summed E-state index contributed by atoms with van der Waals surface area (Å²) < 4.78 is 5.49. The maximum Gasteiger partial charge on any atom is 0.117 e. The molecule has 1 aromatic rings. The van der Waals surface area contributed by atoms with Gasteiger partial charge in [-0.1, -0.05) is 20.3 Å². The van der Waals surface area contributed by atoms with Gasteiger partial charge >= 0.3 is 0 Å². The number of likely N-dealkylation sites (N-methyl/N-ethyl adjacent to an activating group) is 1. The van der Waals surface area contributed by atoms with Crippen molar-refractivity contribution in [3.63, 3.8) is 0 Å². The van der Waals surface area contributed by atoms with Crippen molar-refractivity contribution in [3.8, 4) is 0 Å². The molecule has 18 heavy (non-hydrogen) atoms. The molecule has 3 nitrogen and oxygen atoms in total. The van der Waals surface area contributed by atoms with E-state index in [0.717, 1.165) is 31.3 Å². The molecule has 0 amide bonds. The normalized spacial score (nSPS) is 28.1. The number of rotatable bonds is 6. The van der Waals surface area contributed by atoms with E-state index >= 15 is 0 Å². The smallest absolute Gasteiger partial charge is 0.117 e. The second-order valence-corrected chi connectivity index (χ2v) is 5.54. The molecule has 1 saturated carbocycles. The second-order valence-electron chi connectivity index (χ2n) is 5.54. The van der Waals surface area contributed by atoms with Crippen molar-refractivity contribution in [2.45, 2.75) is 51.6 Å². The van der Waals surface area contributed by atoms with E-state index in [1.165, 1.54) is 25.7 Å². The molecule has 1 aliphatic carbocycles. The molecular weight excluding hydrogens is 224 g/mol. The molecule has 0 aromatic carbocycles. The Morgan fingerprint density at radius 1 is 1.50 bits per heavy atom. The van der Waals surface area contributed by atoms with Crippen molar-refractivity contribution >= 4 is 0 Å². The predicted molar refractivity (Wildman–Crippen MR) is 74.2 cm³/mol. The van der Waals surface area contributed by atoms with Crippen molar-refractivity contribution in [1.29, 1.82) is 0 Å². The molecule has 102 valence electrons. The first-order chi connectivity index (χ1) is 8.74. The van der Waals surface area contributed by atoms with E-state index in [4.69, 9.17) is 10.2 Å². The van der Waals surface area contributed by atoms with Gasteiger partial charge in [0.25, 0.3) is 0 Å². The number of hydrogen-bond donors (Lipinski definition) is 1. The third-order valence-electron chi connectivity index (χ3n) is 4.62. The van der Waals surface area contributed by atoms with Gasteiger partial charge in [0.2, 0.25) is 0 Å². The lowest BCUT2D eigenvalue weighted by atomic mass is 9.92. The maximum absolute atomic E-state index is 6.12. The molecule has 2 unspecified atom stereocenters. The Kier molecular flexibility index (Phi) is 4.46. The minimum absolute atomic E-state index is 0.197. The summed E-state index contributed by atoms with van der Waals surface area (Å²) in [7, 11) is 0. The Bertz CT molecular complexity index is 349. The highest BCUT2D eigenvalue weighted by Gasteiger charge is 2.41. The Balaban J connectivity index is 2.09. The van der Waals surface area contributed by atoms with E-state index in [9.17, 15) is 0 Å². The zero-order valence-corrected chi connectivity index (χ0v) is 11.7. The summed E-state index contributed by atoms with van der Waals surface area (Å²) in [5.74, 6) is 1.89. The average molecular weight is 250 g/mol. The molecular formula is C15H26N2O. The maximum atomic E-state index is 6.12. The minimum Gasteiger partial charge on any atom is -0.468 e. The fraction of sp³-hybridized carbons (Fsp3) is 0.733. The molecule has 0 bridgehead atoms. The van der Waals surface area contributed by atoms with E-state index < -0.39 is 0 Å². The van der Waals surface area contributed by atoms with Crippen LogP contribution in [0.3, 0.4) is 0 Å². The van der Waals surface area contributed by atoms with Gasteiger partial charge in [-0.25, -0.2) is 0 Å². The summed E-state index contributed by atoms with van der Waals surface area (Å²) in [5.41, 5.74) is 6.32. The van der Waals surface area contributed by atoms with Crippen molar-refractivity contribution in [2.24, 2.45) is 11.7 Å². The third kappa shape index (κ3) is 2.62.